The molecular weight excluding hydrogens is 380 g/mol. The maximum atomic E-state index is 12.7. The maximum absolute atomic E-state index is 12.7. The summed E-state index contributed by atoms with van der Waals surface area (Å²) in [6, 6.07) is 10.6. The summed E-state index contributed by atoms with van der Waals surface area (Å²) < 4.78 is 33.0. The van der Waals surface area contributed by atoms with Gasteiger partial charge in [0.2, 0.25) is 0 Å². The highest BCUT2D eigenvalue weighted by molar-refractivity contribution is 7.92. The van der Waals surface area contributed by atoms with Crippen LogP contribution in [-0.4, -0.2) is 39.7 Å². The molecule has 0 radical (unpaired) electrons. The molecule has 0 bridgehead atoms. The van der Waals surface area contributed by atoms with Crippen LogP contribution in [0.4, 0.5) is 11.4 Å². The Morgan fingerprint density at radius 3 is 2.39 bits per heavy atom. The van der Waals surface area contributed by atoms with Crippen LogP contribution in [0, 0.1) is 0 Å². The molecule has 0 heterocycles. The number of benzene rings is 2. The number of carboxylic acid groups (broad SMARTS) is 1. The zero-order chi connectivity index (χ0) is 20.7. The van der Waals surface area contributed by atoms with E-state index in [9.17, 15) is 18.3 Å². The minimum Gasteiger partial charge on any atom is -0.494 e. The van der Waals surface area contributed by atoms with Crippen LogP contribution in [0.25, 0.3) is 0 Å². The smallest absolute Gasteiger partial charge is 0.337 e. The molecule has 2 aromatic rings. The van der Waals surface area contributed by atoms with Crippen molar-refractivity contribution in [3.8, 4) is 5.75 Å². The summed E-state index contributed by atoms with van der Waals surface area (Å²) in [5.41, 5.74) is 0.638. The molecule has 152 valence electrons. The molecule has 0 fully saturated rings. The fraction of sp³-hybridized carbons (Fsp3) is 0.350. The number of nitrogens with zero attached hydrogens (tertiary/aromatic N) is 1. The van der Waals surface area contributed by atoms with Crippen LogP contribution < -0.4 is 14.4 Å². The van der Waals surface area contributed by atoms with Crippen molar-refractivity contribution in [1.29, 1.82) is 0 Å². The normalized spacial score (nSPS) is 11.1. The van der Waals surface area contributed by atoms with Crippen LogP contribution in [0.2, 0.25) is 0 Å². The summed E-state index contributed by atoms with van der Waals surface area (Å²) in [4.78, 5) is 13.6. The van der Waals surface area contributed by atoms with E-state index >= 15 is 0 Å². The van der Waals surface area contributed by atoms with Gasteiger partial charge in [-0.15, -0.1) is 0 Å². The molecule has 2 aromatic carbocycles. The van der Waals surface area contributed by atoms with E-state index in [1.807, 2.05) is 18.9 Å². The second kappa shape index (κ2) is 9.45. The second-order valence-corrected chi connectivity index (χ2v) is 8.00. The van der Waals surface area contributed by atoms with Crippen LogP contribution in [0.3, 0.4) is 0 Å². The predicted molar refractivity (Wildman–Crippen MR) is 110 cm³/mol. The first-order chi connectivity index (χ1) is 13.3. The Kier molecular flexibility index (Phi) is 7.28. The van der Waals surface area contributed by atoms with Gasteiger partial charge in [-0.1, -0.05) is 13.3 Å². The average Bonchev–Trinajstić information content (AvgIpc) is 2.66. The summed E-state index contributed by atoms with van der Waals surface area (Å²) in [5, 5.41) is 9.54. The molecule has 2 rings (SSSR count). The van der Waals surface area contributed by atoms with Gasteiger partial charge in [-0.05, 0) is 55.8 Å². The SMILES string of the molecule is CCCCN(C)c1ccc(NS(=O)(=O)c2ccc(OCC)cc2)c(C(=O)O)c1. The lowest BCUT2D eigenvalue weighted by Gasteiger charge is -2.20. The first-order valence-corrected chi connectivity index (χ1v) is 10.6. The minimum absolute atomic E-state index is 0.0222. The van der Waals surface area contributed by atoms with Crippen molar-refractivity contribution in [3.63, 3.8) is 0 Å². The topological polar surface area (TPSA) is 95.9 Å². The fourth-order valence-electron chi connectivity index (χ4n) is 2.65. The number of ether oxygens (including phenoxy) is 1. The summed E-state index contributed by atoms with van der Waals surface area (Å²) in [6.07, 6.45) is 2.00. The Bertz CT molecular complexity index is 911. The van der Waals surface area contributed by atoms with Gasteiger partial charge in [0.05, 0.1) is 22.8 Å². The van der Waals surface area contributed by atoms with E-state index in [0.29, 0.717) is 12.4 Å². The largest absolute Gasteiger partial charge is 0.494 e. The van der Waals surface area contributed by atoms with Crippen molar-refractivity contribution in [2.45, 2.75) is 31.6 Å². The van der Waals surface area contributed by atoms with Gasteiger partial charge in [-0.2, -0.15) is 0 Å². The number of hydrogen-bond donors (Lipinski definition) is 2. The van der Waals surface area contributed by atoms with E-state index in [1.165, 1.54) is 24.3 Å². The molecule has 28 heavy (non-hydrogen) atoms. The Labute approximate surface area is 166 Å². The molecule has 0 aliphatic rings. The van der Waals surface area contributed by atoms with E-state index in [-0.39, 0.29) is 16.1 Å². The Balaban J connectivity index is 2.29. The standard InChI is InChI=1S/C20H26N2O5S/c1-4-6-13-22(3)15-7-12-19(18(14-15)20(23)24)21-28(25,26)17-10-8-16(9-11-17)27-5-2/h7-12,14,21H,4-6,13H2,1-3H3,(H,23,24). The molecule has 2 N–H and O–H groups in total. The van der Waals surface area contributed by atoms with Crippen LogP contribution in [0.15, 0.2) is 47.4 Å². The van der Waals surface area contributed by atoms with Gasteiger partial charge in [0.1, 0.15) is 5.75 Å². The predicted octanol–water partition coefficient (Wildman–Crippen LogP) is 3.82. The summed E-state index contributed by atoms with van der Waals surface area (Å²) in [6.45, 7) is 5.18. The van der Waals surface area contributed by atoms with Gasteiger partial charge in [-0.3, -0.25) is 4.72 Å². The molecular formula is C20H26N2O5S. The summed E-state index contributed by atoms with van der Waals surface area (Å²) in [7, 11) is -2.06. The van der Waals surface area contributed by atoms with Crippen molar-refractivity contribution in [1.82, 2.24) is 0 Å². The number of unbranched alkanes of at least 4 members (excludes halogenated alkanes) is 1. The highest BCUT2D eigenvalue weighted by atomic mass is 32.2. The number of hydrogen-bond acceptors (Lipinski definition) is 5. The third kappa shape index (κ3) is 5.39. The Hall–Kier alpha value is -2.74. The first-order valence-electron chi connectivity index (χ1n) is 9.12. The van der Waals surface area contributed by atoms with E-state index in [1.54, 1.807) is 18.2 Å². The Morgan fingerprint density at radius 2 is 1.82 bits per heavy atom. The molecule has 8 heteroatoms. The molecule has 0 unspecified atom stereocenters. The first kappa shape index (κ1) is 21.6. The van der Waals surface area contributed by atoms with E-state index in [2.05, 4.69) is 11.6 Å². The zero-order valence-corrected chi connectivity index (χ0v) is 17.1. The number of anilines is 2. The second-order valence-electron chi connectivity index (χ2n) is 6.32. The van der Waals surface area contributed by atoms with Crippen LogP contribution in [0.1, 0.15) is 37.0 Å². The molecule has 0 aliphatic heterocycles. The van der Waals surface area contributed by atoms with E-state index < -0.39 is 16.0 Å². The lowest BCUT2D eigenvalue weighted by molar-refractivity contribution is 0.0698. The van der Waals surface area contributed by atoms with Crippen molar-refractivity contribution in [2.24, 2.45) is 0 Å². The third-order valence-electron chi connectivity index (χ3n) is 4.21. The number of rotatable bonds is 10. The molecule has 0 aromatic heterocycles. The molecule has 7 nitrogen and oxygen atoms in total. The summed E-state index contributed by atoms with van der Waals surface area (Å²) >= 11 is 0. The Morgan fingerprint density at radius 1 is 1.14 bits per heavy atom. The van der Waals surface area contributed by atoms with Gasteiger partial charge >= 0.3 is 5.97 Å². The van der Waals surface area contributed by atoms with E-state index in [0.717, 1.165) is 25.1 Å². The van der Waals surface area contributed by atoms with E-state index in [4.69, 9.17) is 4.74 Å². The maximum Gasteiger partial charge on any atom is 0.337 e. The van der Waals surface area contributed by atoms with Crippen molar-refractivity contribution in [3.05, 3.63) is 48.0 Å². The molecule has 0 atom stereocenters. The quantitative estimate of drug-likeness (QED) is 0.623. The van der Waals surface area contributed by atoms with Gasteiger partial charge in [0.25, 0.3) is 10.0 Å². The molecule has 0 saturated heterocycles. The zero-order valence-electron chi connectivity index (χ0n) is 16.3. The number of carboxylic acids is 1. The monoisotopic (exact) mass is 406 g/mol. The van der Waals surface area contributed by atoms with Crippen LogP contribution in [0.5, 0.6) is 5.75 Å². The van der Waals surface area contributed by atoms with Crippen molar-refractivity contribution >= 4 is 27.4 Å². The fourth-order valence-corrected chi connectivity index (χ4v) is 3.73. The number of aromatic carboxylic acids is 1. The average molecular weight is 407 g/mol. The van der Waals surface area contributed by atoms with Crippen LogP contribution in [-0.2, 0) is 10.0 Å². The van der Waals surface area contributed by atoms with Gasteiger partial charge in [0, 0.05) is 19.3 Å². The number of nitrogens with one attached hydrogen (secondary N) is 1. The highest BCUT2D eigenvalue weighted by Gasteiger charge is 2.19. The van der Waals surface area contributed by atoms with Crippen LogP contribution >= 0.6 is 0 Å². The lowest BCUT2D eigenvalue weighted by atomic mass is 10.1. The van der Waals surface area contributed by atoms with Gasteiger partial charge < -0.3 is 14.7 Å². The van der Waals surface area contributed by atoms with Gasteiger partial charge in [-0.25, -0.2) is 13.2 Å². The lowest BCUT2D eigenvalue weighted by Crippen LogP contribution is -2.20. The molecule has 0 amide bonds. The molecule has 0 spiro atoms. The van der Waals surface area contributed by atoms with Crippen molar-refractivity contribution in [2.75, 3.05) is 29.8 Å². The molecule has 0 aliphatic carbocycles. The minimum atomic E-state index is -3.93. The molecule has 0 saturated carbocycles. The number of carbonyl (C=O) groups is 1. The third-order valence-corrected chi connectivity index (χ3v) is 5.59. The van der Waals surface area contributed by atoms with Gasteiger partial charge in [0.15, 0.2) is 0 Å². The summed E-state index contributed by atoms with van der Waals surface area (Å²) in [5.74, 6) is -0.637. The highest BCUT2D eigenvalue weighted by Crippen LogP contribution is 2.26. The number of sulfonamides is 1. The van der Waals surface area contributed by atoms with Crippen molar-refractivity contribution < 1.29 is 23.1 Å².